The van der Waals surface area contributed by atoms with E-state index in [0.29, 0.717) is 5.69 Å². The number of carbonyl (C=O) groups excluding carboxylic acids is 1. The average Bonchev–Trinajstić information content (AvgIpc) is 3.23. The Balaban J connectivity index is 0.00000147. The minimum Gasteiger partial charge on any atom is -0.365 e. The van der Waals surface area contributed by atoms with Crippen LogP contribution in [-0.2, 0) is 0 Å². The molecule has 1 aromatic rings. The summed E-state index contributed by atoms with van der Waals surface area (Å²) in [4.78, 5) is 17.8. The van der Waals surface area contributed by atoms with Crippen molar-refractivity contribution in [1.29, 1.82) is 0 Å². The van der Waals surface area contributed by atoms with Crippen LogP contribution < -0.4 is 15.5 Å². The summed E-state index contributed by atoms with van der Waals surface area (Å²) < 4.78 is 14.1. The van der Waals surface area contributed by atoms with Gasteiger partial charge in [0.2, 0.25) is 0 Å². The van der Waals surface area contributed by atoms with Crippen molar-refractivity contribution in [3.63, 3.8) is 0 Å². The Bertz CT molecular complexity index is 489. The first kappa shape index (κ1) is 15.0. The third-order valence-corrected chi connectivity index (χ3v) is 3.44. The lowest BCUT2D eigenvalue weighted by Gasteiger charge is -2.29. The summed E-state index contributed by atoms with van der Waals surface area (Å²) in [6.45, 7) is 3.19. The maximum Gasteiger partial charge on any atom is 0.270 e. The van der Waals surface area contributed by atoms with E-state index in [2.05, 4.69) is 15.6 Å². The number of aromatic nitrogens is 1. The van der Waals surface area contributed by atoms with E-state index in [1.807, 2.05) is 4.90 Å². The SMILES string of the molecule is Cl.O=C(NC1CC1)c1cc(F)c(N2CCNCC2)cn1. The summed E-state index contributed by atoms with van der Waals surface area (Å²) in [6, 6.07) is 1.49. The predicted molar refractivity (Wildman–Crippen MR) is 77.0 cm³/mol. The van der Waals surface area contributed by atoms with Gasteiger partial charge in [-0.1, -0.05) is 0 Å². The Morgan fingerprint density at radius 3 is 2.70 bits per heavy atom. The average molecular weight is 301 g/mol. The van der Waals surface area contributed by atoms with Crippen LogP contribution in [0.15, 0.2) is 12.3 Å². The number of carbonyl (C=O) groups is 1. The van der Waals surface area contributed by atoms with Crippen molar-refractivity contribution in [2.24, 2.45) is 0 Å². The number of pyridine rings is 1. The van der Waals surface area contributed by atoms with Crippen molar-refractivity contribution in [3.05, 3.63) is 23.8 Å². The Labute approximate surface area is 123 Å². The number of amides is 1. The minimum absolute atomic E-state index is 0. The minimum atomic E-state index is -0.377. The van der Waals surface area contributed by atoms with Crippen molar-refractivity contribution in [1.82, 2.24) is 15.6 Å². The number of nitrogens with one attached hydrogen (secondary N) is 2. The Hall–Kier alpha value is -1.40. The van der Waals surface area contributed by atoms with E-state index in [4.69, 9.17) is 0 Å². The number of halogens is 2. The van der Waals surface area contributed by atoms with Gasteiger partial charge in [-0.2, -0.15) is 0 Å². The highest BCUT2D eigenvalue weighted by molar-refractivity contribution is 5.92. The van der Waals surface area contributed by atoms with Crippen LogP contribution in [0.25, 0.3) is 0 Å². The second kappa shape index (κ2) is 6.37. The first-order chi connectivity index (χ1) is 9.24. The molecule has 7 heteroatoms. The molecule has 2 heterocycles. The van der Waals surface area contributed by atoms with Crippen molar-refractivity contribution >= 4 is 24.0 Å². The van der Waals surface area contributed by atoms with Gasteiger partial charge in [0, 0.05) is 38.3 Å². The molecule has 0 atom stereocenters. The summed E-state index contributed by atoms with van der Waals surface area (Å²) in [6.07, 6.45) is 3.47. The lowest BCUT2D eigenvalue weighted by molar-refractivity contribution is 0.0945. The maximum absolute atomic E-state index is 14.1. The van der Waals surface area contributed by atoms with Gasteiger partial charge in [0.1, 0.15) is 11.5 Å². The van der Waals surface area contributed by atoms with Gasteiger partial charge in [0.05, 0.1) is 11.9 Å². The van der Waals surface area contributed by atoms with Crippen molar-refractivity contribution in [2.45, 2.75) is 18.9 Å². The van der Waals surface area contributed by atoms with E-state index < -0.39 is 0 Å². The molecule has 110 valence electrons. The number of hydrogen-bond acceptors (Lipinski definition) is 4. The van der Waals surface area contributed by atoms with E-state index >= 15 is 0 Å². The van der Waals surface area contributed by atoms with E-state index in [0.717, 1.165) is 39.0 Å². The molecule has 1 saturated heterocycles. The second-order valence-electron chi connectivity index (χ2n) is 5.01. The van der Waals surface area contributed by atoms with Crippen LogP contribution in [0.3, 0.4) is 0 Å². The molecule has 2 fully saturated rings. The topological polar surface area (TPSA) is 57.3 Å². The van der Waals surface area contributed by atoms with Gasteiger partial charge >= 0.3 is 0 Å². The molecule has 1 aliphatic carbocycles. The molecule has 20 heavy (non-hydrogen) atoms. The molecule has 1 aromatic heterocycles. The highest BCUT2D eigenvalue weighted by Gasteiger charge is 2.25. The zero-order valence-electron chi connectivity index (χ0n) is 11.1. The van der Waals surface area contributed by atoms with Crippen molar-refractivity contribution < 1.29 is 9.18 Å². The van der Waals surface area contributed by atoms with Crippen LogP contribution in [0.2, 0.25) is 0 Å². The summed E-state index contributed by atoms with van der Waals surface area (Å²) in [5.41, 5.74) is 0.632. The lowest BCUT2D eigenvalue weighted by Crippen LogP contribution is -2.44. The molecule has 0 aromatic carbocycles. The fourth-order valence-corrected chi connectivity index (χ4v) is 2.17. The Morgan fingerprint density at radius 2 is 2.10 bits per heavy atom. The van der Waals surface area contributed by atoms with Gasteiger partial charge in [-0.25, -0.2) is 9.37 Å². The third-order valence-electron chi connectivity index (χ3n) is 3.44. The normalized spacial score (nSPS) is 18.4. The van der Waals surface area contributed by atoms with Crippen LogP contribution in [0.1, 0.15) is 23.3 Å². The fourth-order valence-electron chi connectivity index (χ4n) is 2.17. The van der Waals surface area contributed by atoms with E-state index in [9.17, 15) is 9.18 Å². The molecule has 0 spiro atoms. The van der Waals surface area contributed by atoms with Crippen molar-refractivity contribution in [3.8, 4) is 0 Å². The molecule has 1 amide bonds. The van der Waals surface area contributed by atoms with Crippen LogP contribution >= 0.6 is 12.4 Å². The molecule has 2 N–H and O–H groups in total. The molecular weight excluding hydrogens is 283 g/mol. The highest BCUT2D eigenvalue weighted by Crippen LogP contribution is 2.21. The third kappa shape index (κ3) is 3.37. The molecule has 0 radical (unpaired) electrons. The largest absolute Gasteiger partial charge is 0.365 e. The van der Waals surface area contributed by atoms with Crippen LogP contribution in [0.4, 0.5) is 10.1 Å². The molecule has 3 rings (SSSR count). The smallest absolute Gasteiger partial charge is 0.270 e. The number of nitrogens with zero attached hydrogens (tertiary/aromatic N) is 2. The zero-order valence-corrected chi connectivity index (χ0v) is 11.9. The van der Waals surface area contributed by atoms with Gasteiger partial charge in [-0.15, -0.1) is 12.4 Å². The molecule has 1 aliphatic heterocycles. The van der Waals surface area contributed by atoms with Gasteiger partial charge < -0.3 is 15.5 Å². The summed E-state index contributed by atoms with van der Waals surface area (Å²) in [7, 11) is 0. The number of hydrogen-bond donors (Lipinski definition) is 2. The van der Waals surface area contributed by atoms with Crippen molar-refractivity contribution in [2.75, 3.05) is 31.1 Å². The molecule has 0 unspecified atom stereocenters. The molecule has 5 nitrogen and oxygen atoms in total. The summed E-state index contributed by atoms with van der Waals surface area (Å²) >= 11 is 0. The number of anilines is 1. The second-order valence-corrected chi connectivity index (χ2v) is 5.01. The Morgan fingerprint density at radius 1 is 1.40 bits per heavy atom. The van der Waals surface area contributed by atoms with E-state index in [1.165, 1.54) is 12.3 Å². The highest BCUT2D eigenvalue weighted by atomic mass is 35.5. The van der Waals surface area contributed by atoms with Gasteiger partial charge in [-0.3, -0.25) is 4.79 Å². The monoisotopic (exact) mass is 300 g/mol. The van der Waals surface area contributed by atoms with Gasteiger partial charge in [-0.05, 0) is 12.8 Å². The standard InChI is InChI=1S/C13H17FN4O.ClH/c14-10-7-11(13(19)17-9-1-2-9)16-8-12(10)18-5-3-15-4-6-18;/h7-9,15H,1-6H2,(H,17,19);1H. The first-order valence-corrected chi connectivity index (χ1v) is 6.66. The fraction of sp³-hybridized carbons (Fsp3) is 0.538. The lowest BCUT2D eigenvalue weighted by atomic mass is 10.2. The molecule has 2 aliphatic rings. The van der Waals surface area contributed by atoms with E-state index in [1.54, 1.807) is 0 Å². The van der Waals surface area contributed by atoms with Crippen LogP contribution in [0, 0.1) is 5.82 Å². The maximum atomic E-state index is 14.1. The number of rotatable bonds is 3. The molecule has 0 bridgehead atoms. The molecular formula is C13H18ClFN4O. The Kier molecular flexibility index (Phi) is 4.77. The van der Waals surface area contributed by atoms with Gasteiger partial charge in [0.25, 0.3) is 5.91 Å². The quantitative estimate of drug-likeness (QED) is 0.872. The van der Waals surface area contributed by atoms with E-state index in [-0.39, 0.29) is 35.9 Å². The summed E-state index contributed by atoms with van der Waals surface area (Å²) in [5.74, 6) is -0.661. The molecule has 1 saturated carbocycles. The van der Waals surface area contributed by atoms with Crippen LogP contribution in [0.5, 0.6) is 0 Å². The number of piperazine rings is 1. The predicted octanol–water partition coefficient (Wildman–Crippen LogP) is 0.944. The van der Waals surface area contributed by atoms with Gasteiger partial charge in [0.15, 0.2) is 0 Å². The van der Waals surface area contributed by atoms with Crippen LogP contribution in [-0.4, -0.2) is 43.1 Å². The summed E-state index contributed by atoms with van der Waals surface area (Å²) in [5, 5.41) is 6.02. The first-order valence-electron chi connectivity index (χ1n) is 6.66. The zero-order chi connectivity index (χ0) is 13.2.